The first-order valence-corrected chi connectivity index (χ1v) is 6.50. The molecule has 0 saturated carbocycles. The molecule has 0 bridgehead atoms. The summed E-state index contributed by atoms with van der Waals surface area (Å²) in [6.45, 7) is 4.63. The van der Waals surface area contributed by atoms with E-state index in [9.17, 15) is 0 Å². The van der Waals surface area contributed by atoms with Crippen molar-refractivity contribution >= 4 is 17.2 Å². The maximum atomic E-state index is 5.92. The number of hydrogen-bond acceptors (Lipinski definition) is 4. The van der Waals surface area contributed by atoms with Crippen LogP contribution in [-0.4, -0.2) is 52.3 Å². The van der Waals surface area contributed by atoms with E-state index in [2.05, 4.69) is 15.0 Å². The van der Waals surface area contributed by atoms with E-state index in [1.165, 1.54) is 0 Å². The molecule has 0 radical (unpaired) electrons. The van der Waals surface area contributed by atoms with Gasteiger partial charge in [-0.3, -0.25) is 4.90 Å². The molecule has 0 spiro atoms. The highest BCUT2D eigenvalue weighted by Crippen LogP contribution is 2.10. The molecule has 0 unspecified atom stereocenters. The van der Waals surface area contributed by atoms with Gasteiger partial charge in [0.2, 0.25) is 0 Å². The van der Waals surface area contributed by atoms with Gasteiger partial charge in [-0.15, -0.1) is 0 Å². The Labute approximate surface area is 110 Å². The van der Waals surface area contributed by atoms with Gasteiger partial charge >= 0.3 is 0 Å². The van der Waals surface area contributed by atoms with Crippen molar-refractivity contribution in [2.75, 3.05) is 32.8 Å². The van der Waals surface area contributed by atoms with E-state index in [-0.39, 0.29) is 0 Å². The van der Waals surface area contributed by atoms with Crippen molar-refractivity contribution < 1.29 is 4.74 Å². The summed E-state index contributed by atoms with van der Waals surface area (Å²) < 4.78 is 7.05. The minimum Gasteiger partial charge on any atom is -0.379 e. The maximum absolute atomic E-state index is 5.92. The van der Waals surface area contributed by atoms with Gasteiger partial charge in [0.15, 0.2) is 11.5 Å². The summed E-state index contributed by atoms with van der Waals surface area (Å²) in [4.78, 5) is 6.85. The molecule has 1 aliphatic rings. The number of aromatic nitrogens is 3. The van der Waals surface area contributed by atoms with Gasteiger partial charge in [0.25, 0.3) is 0 Å². The summed E-state index contributed by atoms with van der Waals surface area (Å²) in [5.74, 6) is 0.865. The first kappa shape index (κ1) is 11.9. The van der Waals surface area contributed by atoms with Gasteiger partial charge in [0.05, 0.1) is 18.2 Å². The van der Waals surface area contributed by atoms with E-state index >= 15 is 0 Å². The lowest BCUT2D eigenvalue weighted by molar-refractivity contribution is 0.0382. The van der Waals surface area contributed by atoms with Gasteiger partial charge in [0.1, 0.15) is 0 Å². The highest BCUT2D eigenvalue weighted by molar-refractivity contribution is 6.30. The summed E-state index contributed by atoms with van der Waals surface area (Å²) in [5, 5.41) is 5.09. The molecule has 0 aromatic carbocycles. The van der Waals surface area contributed by atoms with Crippen LogP contribution in [0.3, 0.4) is 0 Å². The minimum absolute atomic E-state index is 0.673. The molecule has 18 heavy (non-hydrogen) atoms. The molecule has 1 aliphatic heterocycles. The smallest absolute Gasteiger partial charge is 0.155 e. The van der Waals surface area contributed by atoms with Gasteiger partial charge in [-0.05, 0) is 12.1 Å². The summed E-state index contributed by atoms with van der Waals surface area (Å²) in [6.07, 6.45) is 2.64. The Hall–Kier alpha value is -1.17. The molecule has 0 aliphatic carbocycles. The normalized spacial score (nSPS) is 17.4. The van der Waals surface area contributed by atoms with Crippen LogP contribution in [0.4, 0.5) is 0 Å². The Morgan fingerprint density at radius 2 is 2.11 bits per heavy atom. The zero-order valence-electron chi connectivity index (χ0n) is 10.0. The highest BCUT2D eigenvalue weighted by Gasteiger charge is 2.11. The van der Waals surface area contributed by atoms with Crippen molar-refractivity contribution in [3.8, 4) is 0 Å². The Morgan fingerprint density at radius 1 is 1.28 bits per heavy atom. The third-order valence-corrected chi connectivity index (χ3v) is 3.32. The SMILES string of the molecule is Clc1ccc2nc(CCN3CCOCC3)nn2c1. The number of halogens is 1. The van der Waals surface area contributed by atoms with Gasteiger partial charge in [-0.2, -0.15) is 5.10 Å². The van der Waals surface area contributed by atoms with E-state index in [0.29, 0.717) is 5.02 Å². The molecule has 1 fully saturated rings. The molecule has 96 valence electrons. The monoisotopic (exact) mass is 266 g/mol. The van der Waals surface area contributed by atoms with Crippen LogP contribution in [0.5, 0.6) is 0 Å². The number of nitrogens with zero attached hydrogens (tertiary/aromatic N) is 4. The molecular formula is C12H15ClN4O. The van der Waals surface area contributed by atoms with Crippen molar-refractivity contribution in [3.05, 3.63) is 29.2 Å². The second-order valence-corrected chi connectivity index (χ2v) is 4.82. The zero-order chi connectivity index (χ0) is 12.4. The lowest BCUT2D eigenvalue weighted by atomic mass is 10.3. The van der Waals surface area contributed by atoms with Crippen LogP contribution in [0, 0.1) is 0 Å². The Morgan fingerprint density at radius 3 is 2.94 bits per heavy atom. The van der Waals surface area contributed by atoms with E-state index < -0.39 is 0 Å². The summed E-state index contributed by atoms with van der Waals surface area (Å²) in [6, 6.07) is 3.71. The molecule has 0 atom stereocenters. The van der Waals surface area contributed by atoms with Crippen LogP contribution in [0.25, 0.3) is 5.65 Å². The average Bonchev–Trinajstić information content (AvgIpc) is 2.79. The molecule has 6 heteroatoms. The largest absolute Gasteiger partial charge is 0.379 e. The summed E-state index contributed by atoms with van der Waals surface area (Å²) in [7, 11) is 0. The van der Waals surface area contributed by atoms with Crippen molar-refractivity contribution in [2.24, 2.45) is 0 Å². The van der Waals surface area contributed by atoms with Gasteiger partial charge in [0, 0.05) is 32.3 Å². The summed E-state index contributed by atoms with van der Waals surface area (Å²) >= 11 is 5.92. The van der Waals surface area contributed by atoms with Gasteiger partial charge in [-0.25, -0.2) is 9.50 Å². The Balaban J connectivity index is 1.67. The van der Waals surface area contributed by atoms with Crippen LogP contribution in [0.2, 0.25) is 5.02 Å². The van der Waals surface area contributed by atoms with Crippen molar-refractivity contribution in [2.45, 2.75) is 6.42 Å². The van der Waals surface area contributed by atoms with Crippen molar-refractivity contribution in [3.63, 3.8) is 0 Å². The molecule has 5 nitrogen and oxygen atoms in total. The molecular weight excluding hydrogens is 252 g/mol. The van der Waals surface area contributed by atoms with E-state index in [4.69, 9.17) is 16.3 Å². The summed E-state index contributed by atoms with van der Waals surface area (Å²) in [5.41, 5.74) is 0.844. The third kappa shape index (κ3) is 2.63. The predicted molar refractivity (Wildman–Crippen MR) is 69.0 cm³/mol. The molecule has 3 heterocycles. The Bertz CT molecular complexity index is 536. The number of morpholine rings is 1. The molecule has 1 saturated heterocycles. The Kier molecular flexibility index (Phi) is 3.45. The van der Waals surface area contributed by atoms with E-state index in [0.717, 1.165) is 50.7 Å². The van der Waals surface area contributed by atoms with Gasteiger partial charge in [-0.1, -0.05) is 11.6 Å². The van der Waals surface area contributed by atoms with Crippen LogP contribution in [0.15, 0.2) is 18.3 Å². The fraction of sp³-hybridized carbons (Fsp3) is 0.500. The fourth-order valence-corrected chi connectivity index (χ4v) is 2.25. The lowest BCUT2D eigenvalue weighted by Crippen LogP contribution is -2.37. The van der Waals surface area contributed by atoms with Crippen LogP contribution in [0.1, 0.15) is 5.82 Å². The zero-order valence-corrected chi connectivity index (χ0v) is 10.8. The minimum atomic E-state index is 0.673. The average molecular weight is 267 g/mol. The molecule has 2 aromatic rings. The highest BCUT2D eigenvalue weighted by atomic mass is 35.5. The molecule has 0 N–H and O–H groups in total. The quantitative estimate of drug-likeness (QED) is 0.839. The number of ether oxygens (including phenoxy) is 1. The van der Waals surface area contributed by atoms with Crippen molar-refractivity contribution in [1.82, 2.24) is 19.5 Å². The molecule has 2 aromatic heterocycles. The third-order valence-electron chi connectivity index (χ3n) is 3.09. The number of hydrogen-bond donors (Lipinski definition) is 0. The fourth-order valence-electron chi connectivity index (χ4n) is 2.09. The second-order valence-electron chi connectivity index (χ2n) is 4.38. The maximum Gasteiger partial charge on any atom is 0.155 e. The van der Waals surface area contributed by atoms with E-state index in [1.807, 2.05) is 12.1 Å². The number of pyridine rings is 1. The van der Waals surface area contributed by atoms with Crippen LogP contribution >= 0.6 is 11.6 Å². The van der Waals surface area contributed by atoms with Crippen LogP contribution in [-0.2, 0) is 11.2 Å². The molecule has 0 amide bonds. The second kappa shape index (κ2) is 5.22. The standard InChI is InChI=1S/C12H15ClN4O/c13-10-1-2-12-14-11(15-17(12)9-10)3-4-16-5-7-18-8-6-16/h1-2,9H,3-8H2. The predicted octanol–water partition coefficient (Wildman–Crippen LogP) is 1.26. The molecule has 3 rings (SSSR count). The lowest BCUT2D eigenvalue weighted by Gasteiger charge is -2.25. The van der Waals surface area contributed by atoms with E-state index in [1.54, 1.807) is 10.7 Å². The number of fused-ring (bicyclic) bond motifs is 1. The number of rotatable bonds is 3. The first-order valence-electron chi connectivity index (χ1n) is 6.12. The first-order chi connectivity index (χ1) is 8.81. The van der Waals surface area contributed by atoms with Crippen LogP contribution < -0.4 is 0 Å². The van der Waals surface area contributed by atoms with Crippen molar-refractivity contribution in [1.29, 1.82) is 0 Å². The van der Waals surface area contributed by atoms with Gasteiger partial charge < -0.3 is 4.74 Å². The topological polar surface area (TPSA) is 42.7 Å².